The Balaban J connectivity index is 2.21. The number of hydrogen-bond donors (Lipinski definition) is 0. The lowest BCUT2D eigenvalue weighted by Gasteiger charge is -2.18. The van der Waals surface area contributed by atoms with E-state index in [0.717, 1.165) is 6.20 Å². The second-order valence-corrected chi connectivity index (χ2v) is 7.32. The lowest BCUT2D eigenvalue weighted by molar-refractivity contribution is 0.561. The molecule has 112 valence electrons. The topological polar surface area (TPSA) is 79.0 Å². The molecule has 2 rings (SSSR count). The predicted octanol–water partition coefficient (Wildman–Crippen LogP) is 2.07. The van der Waals surface area contributed by atoms with Crippen LogP contribution in [0, 0.1) is 5.82 Å². The van der Waals surface area contributed by atoms with E-state index in [1.54, 1.807) is 19.1 Å². The summed E-state index contributed by atoms with van der Waals surface area (Å²) in [5, 5.41) is 11.8. The highest BCUT2D eigenvalue weighted by molar-refractivity contribution is 7.91. The maximum absolute atomic E-state index is 12.9. The van der Waals surface area contributed by atoms with Gasteiger partial charge in [-0.25, -0.2) is 9.07 Å². The first-order valence-electron chi connectivity index (χ1n) is 6.29. The van der Waals surface area contributed by atoms with Gasteiger partial charge in [-0.1, -0.05) is 4.40 Å². The first-order chi connectivity index (χ1) is 9.77. The maximum atomic E-state index is 12.9. The Hall–Kier alpha value is -1.80. The zero-order valence-electron chi connectivity index (χ0n) is 12.2. The average molecular weight is 309 g/mol. The molecule has 0 bridgehead atoms. The summed E-state index contributed by atoms with van der Waals surface area (Å²) in [5.74, 6) is -0.0495. The number of halogens is 1. The minimum atomic E-state index is -1.35. The largest absolute Gasteiger partial charge is 0.591 e. The Bertz CT molecular complexity index is 647. The van der Waals surface area contributed by atoms with Crippen LogP contribution < -0.4 is 0 Å². The highest BCUT2D eigenvalue weighted by Gasteiger charge is 2.27. The van der Waals surface area contributed by atoms with E-state index in [2.05, 4.69) is 19.7 Å². The van der Waals surface area contributed by atoms with Crippen molar-refractivity contribution in [1.82, 2.24) is 20.0 Å². The molecule has 0 aliphatic carbocycles. The van der Waals surface area contributed by atoms with Gasteiger partial charge in [0.25, 0.3) is 0 Å². The van der Waals surface area contributed by atoms with Crippen LogP contribution >= 0.6 is 0 Å². The molecule has 2 aromatic rings. The van der Waals surface area contributed by atoms with Crippen molar-refractivity contribution in [3.8, 4) is 5.82 Å². The number of hydrogen-bond acceptors (Lipinski definition) is 5. The van der Waals surface area contributed by atoms with Gasteiger partial charge in [-0.05, 0) is 39.8 Å². The van der Waals surface area contributed by atoms with E-state index < -0.39 is 21.9 Å². The highest BCUT2D eigenvalue weighted by Crippen LogP contribution is 2.18. The summed E-state index contributed by atoms with van der Waals surface area (Å²) >= 11 is -1.35. The Morgan fingerprint density at radius 3 is 2.52 bits per heavy atom. The molecule has 21 heavy (non-hydrogen) atoms. The Kier molecular flexibility index (Phi) is 4.38. The Morgan fingerprint density at radius 1 is 1.33 bits per heavy atom. The van der Waals surface area contributed by atoms with E-state index in [1.807, 2.05) is 20.8 Å². The van der Waals surface area contributed by atoms with E-state index >= 15 is 0 Å². The van der Waals surface area contributed by atoms with E-state index in [-0.39, 0.29) is 0 Å². The van der Waals surface area contributed by atoms with Crippen LogP contribution in [0.1, 0.15) is 33.4 Å². The molecule has 0 aromatic carbocycles. The summed E-state index contributed by atoms with van der Waals surface area (Å²) in [5.41, 5.74) is 1.05. The van der Waals surface area contributed by atoms with Crippen LogP contribution in [-0.4, -0.2) is 35.0 Å². The molecule has 0 N–H and O–H groups in total. The third-order valence-corrected chi connectivity index (χ3v) is 4.04. The van der Waals surface area contributed by atoms with E-state index in [0.29, 0.717) is 17.2 Å². The third-order valence-electron chi connectivity index (χ3n) is 2.55. The summed E-state index contributed by atoms with van der Waals surface area (Å²) in [6.07, 6.45) is 2.30. The van der Waals surface area contributed by atoms with Crippen molar-refractivity contribution in [2.75, 3.05) is 0 Å². The van der Waals surface area contributed by atoms with Crippen LogP contribution in [0.3, 0.4) is 0 Å². The molecule has 2 aromatic heterocycles. The van der Waals surface area contributed by atoms with E-state index in [9.17, 15) is 8.94 Å². The van der Waals surface area contributed by atoms with E-state index in [1.165, 1.54) is 10.9 Å². The summed E-state index contributed by atoms with van der Waals surface area (Å²) < 4.78 is 29.8. The Morgan fingerprint density at radius 2 is 2.05 bits per heavy atom. The molecular weight excluding hydrogens is 293 g/mol. The van der Waals surface area contributed by atoms with Gasteiger partial charge in [0.1, 0.15) is 27.5 Å². The monoisotopic (exact) mass is 309 g/mol. The van der Waals surface area contributed by atoms with Crippen molar-refractivity contribution in [3.05, 3.63) is 36.0 Å². The average Bonchev–Trinajstić information content (AvgIpc) is 2.84. The van der Waals surface area contributed by atoms with Gasteiger partial charge in [-0.2, -0.15) is 5.10 Å². The molecule has 0 saturated carbocycles. The molecule has 8 heteroatoms. The number of rotatable bonds is 3. The SMILES string of the molecule is CC(=N[S+]([O-])C(C)(C)C)c1ccc(-n2cc(F)cn2)nn1. The first-order valence-corrected chi connectivity index (χ1v) is 7.40. The standard InChI is InChI=1S/C13H16FN5OS/c1-9(18-21(20)13(2,3)4)11-5-6-12(17-16-11)19-8-10(14)7-15-19/h5-8H,1-4H3. The molecule has 0 amide bonds. The first kappa shape index (κ1) is 15.6. The smallest absolute Gasteiger partial charge is 0.175 e. The van der Waals surface area contributed by atoms with Crippen molar-refractivity contribution >= 4 is 17.1 Å². The Labute approximate surface area is 125 Å². The highest BCUT2D eigenvalue weighted by atomic mass is 32.2. The van der Waals surface area contributed by atoms with Gasteiger partial charge in [0.15, 0.2) is 11.6 Å². The van der Waals surface area contributed by atoms with Gasteiger partial charge in [0.2, 0.25) is 0 Å². The lowest BCUT2D eigenvalue weighted by Crippen LogP contribution is -2.26. The van der Waals surface area contributed by atoms with Crippen LogP contribution in [0.25, 0.3) is 5.82 Å². The zero-order valence-corrected chi connectivity index (χ0v) is 13.1. The molecule has 0 spiro atoms. The molecule has 0 aliphatic heterocycles. The van der Waals surface area contributed by atoms with E-state index in [4.69, 9.17) is 0 Å². The molecule has 0 saturated heterocycles. The molecule has 0 fully saturated rings. The second kappa shape index (κ2) is 5.90. The second-order valence-electron chi connectivity index (χ2n) is 5.42. The summed E-state index contributed by atoms with van der Waals surface area (Å²) in [7, 11) is 0. The van der Waals surface area contributed by atoms with Gasteiger partial charge in [-0.3, -0.25) is 0 Å². The van der Waals surface area contributed by atoms with Gasteiger partial charge >= 0.3 is 0 Å². The van der Waals surface area contributed by atoms with Crippen LogP contribution in [-0.2, 0) is 11.4 Å². The normalized spacial score (nSPS) is 14.3. The number of aromatic nitrogens is 4. The minimum Gasteiger partial charge on any atom is -0.591 e. The fourth-order valence-electron chi connectivity index (χ4n) is 1.37. The van der Waals surface area contributed by atoms with Gasteiger partial charge < -0.3 is 4.55 Å². The van der Waals surface area contributed by atoms with Gasteiger partial charge in [0, 0.05) is 0 Å². The predicted molar refractivity (Wildman–Crippen MR) is 79.2 cm³/mol. The molecule has 0 aliphatic rings. The van der Waals surface area contributed by atoms with Crippen LogP contribution in [0.5, 0.6) is 0 Å². The van der Waals surface area contributed by atoms with Crippen LogP contribution in [0.4, 0.5) is 4.39 Å². The molecular formula is C13H16FN5OS. The quantitative estimate of drug-likeness (QED) is 0.642. The van der Waals surface area contributed by atoms with Crippen molar-refractivity contribution in [2.24, 2.45) is 4.40 Å². The third kappa shape index (κ3) is 3.85. The molecule has 0 radical (unpaired) electrons. The van der Waals surface area contributed by atoms with Crippen molar-refractivity contribution in [3.63, 3.8) is 0 Å². The summed E-state index contributed by atoms with van der Waals surface area (Å²) in [4.78, 5) is 0. The number of nitrogens with zero attached hydrogens (tertiary/aromatic N) is 5. The zero-order chi connectivity index (χ0) is 15.6. The fourth-order valence-corrected chi connectivity index (χ4v) is 1.99. The van der Waals surface area contributed by atoms with Crippen molar-refractivity contribution in [1.29, 1.82) is 0 Å². The van der Waals surface area contributed by atoms with Gasteiger partial charge in [0.05, 0.1) is 12.4 Å². The molecule has 1 atom stereocenters. The molecule has 2 heterocycles. The molecule has 1 unspecified atom stereocenters. The summed E-state index contributed by atoms with van der Waals surface area (Å²) in [6.45, 7) is 7.27. The summed E-state index contributed by atoms with van der Waals surface area (Å²) in [6, 6.07) is 3.33. The van der Waals surface area contributed by atoms with Gasteiger partial charge in [-0.15, -0.1) is 10.2 Å². The van der Waals surface area contributed by atoms with Crippen LogP contribution in [0.2, 0.25) is 0 Å². The lowest BCUT2D eigenvalue weighted by atomic mass is 10.3. The van der Waals surface area contributed by atoms with Crippen molar-refractivity contribution in [2.45, 2.75) is 32.4 Å². The van der Waals surface area contributed by atoms with Crippen LogP contribution in [0.15, 0.2) is 28.9 Å². The molecule has 6 nitrogen and oxygen atoms in total. The maximum Gasteiger partial charge on any atom is 0.175 e. The minimum absolute atomic E-state index is 0.396. The fraction of sp³-hybridized carbons (Fsp3) is 0.385. The van der Waals surface area contributed by atoms with Crippen molar-refractivity contribution < 1.29 is 8.94 Å².